The molecular weight excluding hydrogens is 494 g/mol. The summed E-state index contributed by atoms with van der Waals surface area (Å²) in [5, 5.41) is 9.56. The highest BCUT2D eigenvalue weighted by atomic mass is 32.2. The molecule has 1 aromatic heterocycles. The molecule has 2 N–H and O–H groups in total. The molecule has 3 fully saturated rings. The number of nitrogens with one attached hydrogen (secondary N) is 1. The molecule has 1 saturated carbocycles. The molecule has 9 nitrogen and oxygen atoms in total. The predicted molar refractivity (Wildman–Crippen MR) is 138 cm³/mol. The van der Waals surface area contributed by atoms with Gasteiger partial charge in [-0.2, -0.15) is 8.42 Å². The molecule has 3 heterocycles. The highest BCUT2D eigenvalue weighted by molar-refractivity contribution is 7.90. The standard InChI is InChI=1S/C27H35N3O6S/c1-18-7-8-21(19-9-11-26(2,3)35-17-19)22(15-18)36-27(12-13-27)25(32)29-37(33,34)24-6-4-5-23(28-24)30-14-10-20(31)16-30/h4-8,15,19-20,31H,9-14,16-17H2,1-3H3,(H,29,32)/t19-,20-/m0/s1. The van der Waals surface area contributed by atoms with E-state index in [1.54, 1.807) is 12.1 Å². The Labute approximate surface area is 218 Å². The molecule has 3 aliphatic rings. The van der Waals surface area contributed by atoms with E-state index in [2.05, 4.69) is 23.6 Å². The summed E-state index contributed by atoms with van der Waals surface area (Å²) in [5.41, 5.74) is 0.577. The minimum Gasteiger partial charge on any atom is -0.477 e. The van der Waals surface area contributed by atoms with Crippen molar-refractivity contribution in [3.8, 4) is 5.75 Å². The van der Waals surface area contributed by atoms with E-state index >= 15 is 0 Å². The van der Waals surface area contributed by atoms with Crippen LogP contribution in [0.5, 0.6) is 5.75 Å². The van der Waals surface area contributed by atoms with Crippen molar-refractivity contribution >= 4 is 21.7 Å². The topological polar surface area (TPSA) is 118 Å². The molecule has 200 valence electrons. The first-order valence-electron chi connectivity index (χ1n) is 12.9. The van der Waals surface area contributed by atoms with Gasteiger partial charge >= 0.3 is 0 Å². The van der Waals surface area contributed by atoms with Crippen LogP contribution >= 0.6 is 0 Å². The minimum absolute atomic E-state index is 0.141. The van der Waals surface area contributed by atoms with Gasteiger partial charge in [0.1, 0.15) is 11.6 Å². The lowest BCUT2D eigenvalue weighted by atomic mass is 9.86. The van der Waals surface area contributed by atoms with Crippen molar-refractivity contribution in [2.45, 2.75) is 81.1 Å². The van der Waals surface area contributed by atoms with Gasteiger partial charge in [-0.25, -0.2) is 9.71 Å². The van der Waals surface area contributed by atoms with E-state index in [4.69, 9.17) is 9.47 Å². The minimum atomic E-state index is -4.21. The number of aromatic nitrogens is 1. The lowest BCUT2D eigenvalue weighted by molar-refractivity contribution is -0.128. The fourth-order valence-corrected chi connectivity index (χ4v) is 5.97. The number of ether oxygens (including phenoxy) is 2. The summed E-state index contributed by atoms with van der Waals surface area (Å²) in [6.07, 6.45) is 2.84. The first-order chi connectivity index (χ1) is 17.5. The summed E-state index contributed by atoms with van der Waals surface area (Å²) in [7, 11) is -4.21. The number of hydrogen-bond donors (Lipinski definition) is 2. The molecule has 1 aliphatic carbocycles. The Morgan fingerprint density at radius 2 is 1.97 bits per heavy atom. The number of amides is 1. The number of carbonyl (C=O) groups excluding carboxylic acids is 1. The van der Waals surface area contributed by atoms with Gasteiger partial charge in [-0.15, -0.1) is 0 Å². The van der Waals surface area contributed by atoms with Gasteiger partial charge in [0, 0.05) is 31.8 Å². The second-order valence-electron chi connectivity index (χ2n) is 11.1. The second-order valence-corrected chi connectivity index (χ2v) is 12.7. The van der Waals surface area contributed by atoms with E-state index in [9.17, 15) is 18.3 Å². The number of hydrogen-bond acceptors (Lipinski definition) is 8. The van der Waals surface area contributed by atoms with E-state index in [1.165, 1.54) is 6.07 Å². The molecule has 1 aromatic carbocycles. The highest BCUT2D eigenvalue weighted by Gasteiger charge is 2.54. The summed E-state index contributed by atoms with van der Waals surface area (Å²) >= 11 is 0. The third-order valence-corrected chi connectivity index (χ3v) is 8.73. The van der Waals surface area contributed by atoms with Crippen LogP contribution in [0.1, 0.15) is 63.0 Å². The number of sulfonamides is 1. The lowest BCUT2D eigenvalue weighted by Gasteiger charge is -2.35. The van der Waals surface area contributed by atoms with Crippen molar-refractivity contribution in [3.63, 3.8) is 0 Å². The van der Waals surface area contributed by atoms with E-state index < -0.39 is 27.6 Å². The Kier molecular flexibility index (Phi) is 6.70. The molecule has 0 unspecified atom stereocenters. The summed E-state index contributed by atoms with van der Waals surface area (Å²) < 4.78 is 40.7. The molecule has 1 amide bonds. The van der Waals surface area contributed by atoms with Gasteiger partial charge in [-0.3, -0.25) is 4.79 Å². The largest absolute Gasteiger partial charge is 0.477 e. The first kappa shape index (κ1) is 25.9. The average molecular weight is 530 g/mol. The number of β-amino-alcohol motifs (C(OH)–C–C–N with tert-alkyl or cyclic N) is 1. The Balaban J connectivity index is 1.32. The number of rotatable bonds is 7. The van der Waals surface area contributed by atoms with Crippen molar-refractivity contribution in [1.29, 1.82) is 0 Å². The third-order valence-electron chi connectivity index (χ3n) is 7.50. The Morgan fingerprint density at radius 1 is 1.19 bits per heavy atom. The maximum Gasteiger partial charge on any atom is 0.281 e. The summed E-state index contributed by atoms with van der Waals surface area (Å²) in [6, 6.07) is 10.6. The van der Waals surface area contributed by atoms with Crippen LogP contribution in [0.3, 0.4) is 0 Å². The van der Waals surface area contributed by atoms with E-state index in [-0.39, 0.29) is 16.5 Å². The van der Waals surface area contributed by atoms with Crippen LogP contribution in [-0.4, -0.2) is 61.4 Å². The molecule has 0 spiro atoms. The second kappa shape index (κ2) is 9.56. The zero-order valence-corrected chi connectivity index (χ0v) is 22.4. The van der Waals surface area contributed by atoms with Crippen LogP contribution in [0.15, 0.2) is 41.4 Å². The number of benzene rings is 1. The highest BCUT2D eigenvalue weighted by Crippen LogP contribution is 2.45. The molecule has 2 atom stereocenters. The van der Waals surface area contributed by atoms with Crippen LogP contribution < -0.4 is 14.4 Å². The molecule has 0 bridgehead atoms. The number of carbonyl (C=O) groups is 1. The van der Waals surface area contributed by atoms with Crippen molar-refractivity contribution in [1.82, 2.24) is 9.71 Å². The van der Waals surface area contributed by atoms with Crippen molar-refractivity contribution in [3.05, 3.63) is 47.5 Å². The molecule has 2 saturated heterocycles. The lowest BCUT2D eigenvalue weighted by Crippen LogP contribution is -2.43. The van der Waals surface area contributed by atoms with Crippen molar-refractivity contribution in [2.24, 2.45) is 0 Å². The van der Waals surface area contributed by atoms with Crippen LogP contribution in [0.4, 0.5) is 5.82 Å². The zero-order valence-electron chi connectivity index (χ0n) is 21.6. The number of aryl methyl sites for hydroxylation is 1. The molecule has 0 radical (unpaired) electrons. The molecule has 37 heavy (non-hydrogen) atoms. The van der Waals surface area contributed by atoms with Crippen LogP contribution in [-0.2, 0) is 19.6 Å². The monoisotopic (exact) mass is 529 g/mol. The number of anilines is 1. The molecule has 2 aromatic rings. The molecule has 10 heteroatoms. The SMILES string of the molecule is Cc1ccc([C@H]2CCC(C)(C)OC2)c(OC2(C(=O)NS(=O)(=O)c3cccc(N4CC[C@H](O)C4)n3)CC2)c1. The Bertz CT molecular complexity index is 1280. The predicted octanol–water partition coefficient (Wildman–Crippen LogP) is 3.05. The van der Waals surface area contributed by atoms with Crippen LogP contribution in [0.2, 0.25) is 0 Å². The Morgan fingerprint density at radius 3 is 2.62 bits per heavy atom. The average Bonchev–Trinajstić information content (AvgIpc) is 3.50. The molecule has 5 rings (SSSR count). The first-order valence-corrected chi connectivity index (χ1v) is 14.4. The van der Waals surface area contributed by atoms with Gasteiger partial charge in [-0.05, 0) is 69.4 Å². The quantitative estimate of drug-likeness (QED) is 0.562. The van der Waals surface area contributed by atoms with Crippen LogP contribution in [0.25, 0.3) is 0 Å². The Hall–Kier alpha value is -2.69. The number of aliphatic hydroxyl groups is 1. The van der Waals surface area contributed by atoms with Crippen molar-refractivity contribution in [2.75, 3.05) is 24.6 Å². The zero-order chi connectivity index (χ0) is 26.4. The number of aliphatic hydroxyl groups excluding tert-OH is 1. The van der Waals surface area contributed by atoms with Crippen LogP contribution in [0, 0.1) is 6.92 Å². The van der Waals surface area contributed by atoms with Gasteiger partial charge in [-0.1, -0.05) is 18.2 Å². The fourth-order valence-electron chi connectivity index (χ4n) is 4.96. The smallest absolute Gasteiger partial charge is 0.281 e. The van der Waals surface area contributed by atoms with Gasteiger partial charge in [0.15, 0.2) is 10.6 Å². The summed E-state index contributed by atoms with van der Waals surface area (Å²) in [5.74, 6) is 0.504. The maximum atomic E-state index is 13.3. The third kappa shape index (κ3) is 5.61. The summed E-state index contributed by atoms with van der Waals surface area (Å²) in [6.45, 7) is 7.67. The van der Waals surface area contributed by atoms with E-state index in [1.807, 2.05) is 30.0 Å². The molecular formula is C27H35N3O6S. The van der Waals surface area contributed by atoms with E-state index in [0.29, 0.717) is 50.5 Å². The fraction of sp³-hybridized carbons (Fsp3) is 0.556. The van der Waals surface area contributed by atoms with Gasteiger partial charge < -0.3 is 19.5 Å². The van der Waals surface area contributed by atoms with Gasteiger partial charge in [0.25, 0.3) is 15.9 Å². The number of nitrogens with zero attached hydrogens (tertiary/aromatic N) is 2. The van der Waals surface area contributed by atoms with Gasteiger partial charge in [0.05, 0.1) is 18.3 Å². The number of pyridine rings is 1. The molecule has 2 aliphatic heterocycles. The van der Waals surface area contributed by atoms with Gasteiger partial charge in [0.2, 0.25) is 0 Å². The summed E-state index contributed by atoms with van der Waals surface area (Å²) in [4.78, 5) is 19.3. The maximum absolute atomic E-state index is 13.3. The van der Waals surface area contributed by atoms with Crippen molar-refractivity contribution < 1.29 is 27.8 Å². The normalized spacial score (nSPS) is 24.5. The van der Waals surface area contributed by atoms with E-state index in [0.717, 1.165) is 24.0 Å².